The lowest BCUT2D eigenvalue weighted by Gasteiger charge is -2.33. The first-order valence-corrected chi connectivity index (χ1v) is 11.8. The third-order valence-corrected chi connectivity index (χ3v) is 5.91. The molecule has 0 aliphatic heterocycles. The van der Waals surface area contributed by atoms with E-state index in [1.807, 2.05) is 91.9 Å². The van der Waals surface area contributed by atoms with E-state index >= 15 is 0 Å². The quantitative estimate of drug-likeness (QED) is 0.380. The monoisotopic (exact) mass is 470 g/mol. The fourth-order valence-electron chi connectivity index (χ4n) is 3.82. The zero-order valence-corrected chi connectivity index (χ0v) is 20.8. The van der Waals surface area contributed by atoms with Gasteiger partial charge in [0.1, 0.15) is 6.04 Å². The van der Waals surface area contributed by atoms with Crippen molar-refractivity contribution in [3.63, 3.8) is 0 Å². The van der Waals surface area contributed by atoms with Crippen LogP contribution < -0.4 is 0 Å². The topological polar surface area (TPSA) is 49.9 Å². The normalized spacial score (nSPS) is 11.9. The lowest BCUT2D eigenvalue weighted by Crippen LogP contribution is -2.51. The number of likely N-dealkylation sites (N-methyl/N-ethyl adjacent to an activating group) is 1. The smallest absolute Gasteiger partial charge is 0.247 e. The van der Waals surface area contributed by atoms with Crippen LogP contribution in [0.1, 0.15) is 22.3 Å². The van der Waals surface area contributed by atoms with E-state index in [4.69, 9.17) is 4.74 Å². The summed E-state index contributed by atoms with van der Waals surface area (Å²) in [5.74, 6) is -0.317. The molecule has 1 atom stereocenters. The highest BCUT2D eigenvalue weighted by Crippen LogP contribution is 2.17. The molecule has 0 saturated heterocycles. The number of methoxy groups -OCH3 is 1. The van der Waals surface area contributed by atoms with Gasteiger partial charge in [-0.1, -0.05) is 90.5 Å². The van der Waals surface area contributed by atoms with Crippen molar-refractivity contribution in [3.8, 4) is 0 Å². The molecule has 182 valence electrons. The van der Waals surface area contributed by atoms with Crippen LogP contribution in [0.15, 0.2) is 91.0 Å². The van der Waals surface area contributed by atoms with Crippen LogP contribution in [0.4, 0.5) is 0 Å². The second-order valence-corrected chi connectivity index (χ2v) is 8.65. The standard InChI is InChI=1S/C30H34N2O3/c1-24-14-16-25(17-15-24)18-19-29(33)32(23-27-12-8-5-9-13-27)28(22-26-10-6-4-7-11-26)30(34)31(2)20-21-35-3/h4-19,28H,20-23H2,1-3H3/b19-18+/t28-/m0/s1. The number of carbonyl (C=O) groups excluding carboxylic acids is 2. The molecule has 0 heterocycles. The van der Waals surface area contributed by atoms with E-state index in [1.165, 1.54) is 0 Å². The van der Waals surface area contributed by atoms with Crippen LogP contribution >= 0.6 is 0 Å². The zero-order chi connectivity index (χ0) is 25.0. The summed E-state index contributed by atoms with van der Waals surface area (Å²) in [7, 11) is 3.37. The van der Waals surface area contributed by atoms with Crippen LogP contribution in [0, 0.1) is 6.92 Å². The predicted molar refractivity (Wildman–Crippen MR) is 141 cm³/mol. The number of amides is 2. The third-order valence-electron chi connectivity index (χ3n) is 5.91. The Morgan fingerprint density at radius 3 is 2.09 bits per heavy atom. The number of hydrogen-bond acceptors (Lipinski definition) is 3. The zero-order valence-electron chi connectivity index (χ0n) is 20.8. The molecule has 0 radical (unpaired) electrons. The molecule has 35 heavy (non-hydrogen) atoms. The highest BCUT2D eigenvalue weighted by Gasteiger charge is 2.31. The largest absolute Gasteiger partial charge is 0.383 e. The number of rotatable bonds is 11. The molecule has 3 rings (SSSR count). The first-order valence-electron chi connectivity index (χ1n) is 11.8. The lowest BCUT2D eigenvalue weighted by molar-refractivity contribution is -0.143. The minimum absolute atomic E-state index is 0.112. The van der Waals surface area contributed by atoms with Crippen molar-refractivity contribution in [2.24, 2.45) is 0 Å². The molecule has 5 heteroatoms. The van der Waals surface area contributed by atoms with Crippen LogP contribution in [-0.4, -0.2) is 55.0 Å². The van der Waals surface area contributed by atoms with E-state index in [2.05, 4.69) is 0 Å². The van der Waals surface area contributed by atoms with Gasteiger partial charge in [0, 0.05) is 39.7 Å². The van der Waals surface area contributed by atoms with E-state index in [0.717, 1.165) is 22.3 Å². The first-order chi connectivity index (χ1) is 17.0. The Hall–Kier alpha value is -3.70. The summed E-state index contributed by atoms with van der Waals surface area (Å²) >= 11 is 0. The molecule has 2 amide bonds. The Bertz CT molecular complexity index is 1100. The van der Waals surface area contributed by atoms with Gasteiger partial charge < -0.3 is 14.5 Å². The van der Waals surface area contributed by atoms with Gasteiger partial charge in [-0.05, 0) is 29.7 Å². The highest BCUT2D eigenvalue weighted by molar-refractivity contribution is 5.95. The molecule has 0 aromatic heterocycles. The summed E-state index contributed by atoms with van der Waals surface area (Å²) < 4.78 is 5.17. The molecule has 3 aromatic rings. The molecule has 3 aromatic carbocycles. The molecular weight excluding hydrogens is 436 g/mol. The van der Waals surface area contributed by atoms with E-state index < -0.39 is 6.04 Å². The van der Waals surface area contributed by atoms with E-state index in [-0.39, 0.29) is 11.8 Å². The summed E-state index contributed by atoms with van der Waals surface area (Å²) in [6, 6.07) is 26.9. The second kappa shape index (κ2) is 13.3. The number of ether oxygens (including phenoxy) is 1. The van der Waals surface area contributed by atoms with Gasteiger partial charge in [0.05, 0.1) is 6.61 Å². The van der Waals surface area contributed by atoms with Gasteiger partial charge in [-0.25, -0.2) is 0 Å². The van der Waals surface area contributed by atoms with Crippen LogP contribution in [-0.2, 0) is 27.3 Å². The predicted octanol–water partition coefficient (Wildman–Crippen LogP) is 4.75. The molecule has 0 spiro atoms. The van der Waals surface area contributed by atoms with Crippen molar-refractivity contribution in [3.05, 3.63) is 113 Å². The number of carbonyl (C=O) groups is 2. The summed E-state index contributed by atoms with van der Waals surface area (Å²) in [5.41, 5.74) is 4.06. The Morgan fingerprint density at radius 2 is 1.49 bits per heavy atom. The molecule has 0 aliphatic rings. The fraction of sp³-hybridized carbons (Fsp3) is 0.267. The van der Waals surface area contributed by atoms with Gasteiger partial charge >= 0.3 is 0 Å². The van der Waals surface area contributed by atoms with Gasteiger partial charge in [-0.2, -0.15) is 0 Å². The Balaban J connectivity index is 1.95. The molecular formula is C30H34N2O3. The van der Waals surface area contributed by atoms with E-state index in [1.54, 1.807) is 36.1 Å². The maximum absolute atomic E-state index is 13.7. The molecule has 0 fully saturated rings. The number of nitrogens with zero attached hydrogens (tertiary/aromatic N) is 2. The van der Waals surface area contributed by atoms with Gasteiger partial charge in [0.2, 0.25) is 11.8 Å². The minimum atomic E-state index is -0.658. The van der Waals surface area contributed by atoms with Crippen molar-refractivity contribution in [1.29, 1.82) is 0 Å². The highest BCUT2D eigenvalue weighted by atomic mass is 16.5. The van der Waals surface area contributed by atoms with Crippen LogP contribution in [0.25, 0.3) is 6.08 Å². The number of benzene rings is 3. The van der Waals surface area contributed by atoms with Gasteiger partial charge in [-0.3, -0.25) is 9.59 Å². The Morgan fingerprint density at radius 1 is 0.886 bits per heavy atom. The lowest BCUT2D eigenvalue weighted by atomic mass is 10.0. The molecule has 0 unspecified atom stereocenters. The summed E-state index contributed by atoms with van der Waals surface area (Å²) in [6.07, 6.45) is 3.79. The summed E-state index contributed by atoms with van der Waals surface area (Å²) in [6.45, 7) is 3.24. The molecule has 0 N–H and O–H groups in total. The number of aryl methyl sites for hydroxylation is 1. The molecule has 0 bridgehead atoms. The molecule has 5 nitrogen and oxygen atoms in total. The summed E-state index contributed by atoms with van der Waals surface area (Å²) in [4.78, 5) is 30.6. The first kappa shape index (κ1) is 25.9. The number of hydrogen-bond donors (Lipinski definition) is 0. The van der Waals surface area contributed by atoms with E-state index in [9.17, 15) is 9.59 Å². The maximum atomic E-state index is 13.7. The van der Waals surface area contributed by atoms with E-state index in [0.29, 0.717) is 26.1 Å². The maximum Gasteiger partial charge on any atom is 0.247 e. The van der Waals surface area contributed by atoms with Crippen molar-refractivity contribution < 1.29 is 14.3 Å². The van der Waals surface area contributed by atoms with Crippen molar-refractivity contribution >= 4 is 17.9 Å². The summed E-state index contributed by atoms with van der Waals surface area (Å²) in [5, 5.41) is 0. The SMILES string of the molecule is COCCN(C)C(=O)[C@H](Cc1ccccc1)N(Cc1ccccc1)C(=O)/C=C/c1ccc(C)cc1. The van der Waals surface area contributed by atoms with Gasteiger partial charge in [0.25, 0.3) is 0 Å². The van der Waals surface area contributed by atoms with Crippen LogP contribution in [0.5, 0.6) is 0 Å². The van der Waals surface area contributed by atoms with Crippen LogP contribution in [0.2, 0.25) is 0 Å². The third kappa shape index (κ3) is 7.94. The minimum Gasteiger partial charge on any atom is -0.383 e. The molecule has 0 aliphatic carbocycles. The van der Waals surface area contributed by atoms with Gasteiger partial charge in [-0.15, -0.1) is 0 Å². The van der Waals surface area contributed by atoms with Crippen LogP contribution in [0.3, 0.4) is 0 Å². The Kier molecular flexibility index (Phi) is 9.81. The fourth-order valence-corrected chi connectivity index (χ4v) is 3.82. The van der Waals surface area contributed by atoms with Crippen molar-refractivity contribution in [1.82, 2.24) is 9.80 Å². The second-order valence-electron chi connectivity index (χ2n) is 8.65. The molecule has 0 saturated carbocycles. The van der Waals surface area contributed by atoms with Crippen molar-refractivity contribution in [2.75, 3.05) is 27.3 Å². The Labute approximate surface area is 208 Å². The average molecular weight is 471 g/mol. The van der Waals surface area contributed by atoms with Gasteiger partial charge in [0.15, 0.2) is 0 Å². The average Bonchev–Trinajstić information content (AvgIpc) is 2.89. The van der Waals surface area contributed by atoms with Crippen molar-refractivity contribution in [2.45, 2.75) is 25.9 Å².